The van der Waals surface area contributed by atoms with E-state index < -0.39 is 26.5 Å². The molecule has 0 fully saturated rings. The second-order valence-electron chi connectivity index (χ2n) is 13.1. The fraction of sp³-hybridized carbons (Fsp3) is 0.750. The van der Waals surface area contributed by atoms with Gasteiger partial charge in [0.05, 0.1) is 13.2 Å². The lowest BCUT2D eigenvalue weighted by atomic mass is 10.0. The van der Waals surface area contributed by atoms with E-state index in [4.69, 9.17) is 18.5 Å². The van der Waals surface area contributed by atoms with E-state index in [0.29, 0.717) is 13.0 Å². The third-order valence-corrected chi connectivity index (χ3v) is 8.88. The summed E-state index contributed by atoms with van der Waals surface area (Å²) in [7, 11) is -0.734. The topological polar surface area (TPSA) is 112 Å². The summed E-state index contributed by atoms with van der Waals surface area (Å²) in [6.45, 7) is 4.14. The fourth-order valence-electron chi connectivity index (χ4n) is 4.91. The van der Waals surface area contributed by atoms with Crippen LogP contribution in [0, 0.1) is 0 Å². The van der Waals surface area contributed by atoms with Gasteiger partial charge in [-0.15, -0.1) is 0 Å². The van der Waals surface area contributed by atoms with Crippen molar-refractivity contribution in [1.82, 2.24) is 4.90 Å². The molecule has 0 aromatic heterocycles. The second kappa shape index (κ2) is 35.4. The van der Waals surface area contributed by atoms with Gasteiger partial charge in [-0.05, 0) is 65.5 Å². The minimum Gasteiger partial charge on any atom is -0.462 e. The van der Waals surface area contributed by atoms with Crippen molar-refractivity contribution in [2.24, 2.45) is 0 Å². The van der Waals surface area contributed by atoms with Crippen molar-refractivity contribution in [3.05, 3.63) is 48.6 Å². The maximum absolute atomic E-state index is 12.6. The monoisotopic (exact) mass is 725 g/mol. The molecule has 0 spiro atoms. The van der Waals surface area contributed by atoms with E-state index in [1.807, 2.05) is 19.0 Å². The summed E-state index contributed by atoms with van der Waals surface area (Å²) < 4.78 is 33.3. The highest BCUT2D eigenvalue weighted by Crippen LogP contribution is 2.43. The standard InChI is InChI=1S/C40H72NO8P/c1-5-7-9-11-13-15-17-19-20-21-23-25-27-29-31-33-40(43)49-38(37-48-50(44,45)47-35-34-41(3)4)36-46-39(42)32-30-28-26-24-22-18-16-14-12-10-8-6-2/h7,9,13,15,19-20,23,25,38H,5-6,8,10-12,14,16-18,21-22,24,26-37H2,1-4H3,(H,44,45)/b9-7-,15-13-,20-19-,25-23-. The number of likely N-dealkylation sites (N-methyl/N-ethyl adjacent to an activating group) is 1. The number of nitrogens with zero attached hydrogens (tertiary/aromatic N) is 1. The minimum atomic E-state index is -4.37. The van der Waals surface area contributed by atoms with Gasteiger partial charge < -0.3 is 19.3 Å². The molecule has 0 amide bonds. The number of hydrogen-bond acceptors (Lipinski definition) is 8. The lowest BCUT2D eigenvalue weighted by molar-refractivity contribution is -0.161. The summed E-state index contributed by atoms with van der Waals surface area (Å²) in [5.74, 6) is -0.854. The zero-order chi connectivity index (χ0) is 37.0. The first-order chi connectivity index (χ1) is 24.2. The molecule has 0 radical (unpaired) electrons. The normalized spacial score (nSPS) is 14.0. The van der Waals surface area contributed by atoms with Crippen molar-refractivity contribution in [2.45, 2.75) is 155 Å². The zero-order valence-electron chi connectivity index (χ0n) is 32.1. The van der Waals surface area contributed by atoms with Crippen molar-refractivity contribution in [3.63, 3.8) is 0 Å². The third kappa shape index (κ3) is 35.8. The molecule has 0 aromatic carbocycles. The lowest BCUT2D eigenvalue weighted by Crippen LogP contribution is -2.29. The van der Waals surface area contributed by atoms with Crippen LogP contribution in [0.1, 0.15) is 149 Å². The first-order valence-corrected chi connectivity index (χ1v) is 20.9. The van der Waals surface area contributed by atoms with Crippen molar-refractivity contribution in [1.29, 1.82) is 0 Å². The van der Waals surface area contributed by atoms with Crippen molar-refractivity contribution >= 4 is 19.8 Å². The highest BCUT2D eigenvalue weighted by molar-refractivity contribution is 7.47. The fourth-order valence-corrected chi connectivity index (χ4v) is 5.65. The van der Waals surface area contributed by atoms with Crippen LogP contribution in [0.5, 0.6) is 0 Å². The molecular formula is C40H72NO8P. The van der Waals surface area contributed by atoms with E-state index in [9.17, 15) is 19.0 Å². The van der Waals surface area contributed by atoms with Gasteiger partial charge in [0.25, 0.3) is 0 Å². The van der Waals surface area contributed by atoms with Crippen LogP contribution in [0.15, 0.2) is 48.6 Å². The van der Waals surface area contributed by atoms with E-state index in [-0.39, 0.29) is 32.0 Å². The molecule has 50 heavy (non-hydrogen) atoms. The maximum atomic E-state index is 12.6. The summed E-state index contributed by atoms with van der Waals surface area (Å²) in [5, 5.41) is 0. The van der Waals surface area contributed by atoms with Crippen molar-refractivity contribution in [2.75, 3.05) is 40.5 Å². The van der Waals surface area contributed by atoms with Crippen LogP contribution in [0.4, 0.5) is 0 Å². The van der Waals surface area contributed by atoms with Crippen LogP contribution in [-0.2, 0) is 32.7 Å². The average Bonchev–Trinajstić information content (AvgIpc) is 3.08. The van der Waals surface area contributed by atoms with Crippen molar-refractivity contribution in [3.8, 4) is 0 Å². The van der Waals surface area contributed by atoms with E-state index in [0.717, 1.165) is 57.8 Å². The van der Waals surface area contributed by atoms with Gasteiger partial charge in [-0.2, -0.15) is 0 Å². The van der Waals surface area contributed by atoms with Gasteiger partial charge in [0, 0.05) is 19.4 Å². The minimum absolute atomic E-state index is 0.00145. The number of phosphoric acid groups is 1. The van der Waals surface area contributed by atoms with Gasteiger partial charge >= 0.3 is 19.8 Å². The third-order valence-electron chi connectivity index (χ3n) is 7.90. The Morgan fingerprint density at radius 1 is 0.640 bits per heavy atom. The van der Waals surface area contributed by atoms with Crippen LogP contribution in [-0.4, -0.2) is 68.3 Å². The Hall–Kier alpha value is -2.03. The number of hydrogen-bond donors (Lipinski definition) is 1. The number of unbranched alkanes of at least 4 members (excludes halogenated alkanes) is 13. The summed E-state index contributed by atoms with van der Waals surface area (Å²) >= 11 is 0. The largest absolute Gasteiger partial charge is 0.472 e. The average molecular weight is 726 g/mol. The molecule has 2 atom stereocenters. The Balaban J connectivity index is 4.44. The zero-order valence-corrected chi connectivity index (χ0v) is 33.0. The molecule has 10 heteroatoms. The van der Waals surface area contributed by atoms with Crippen LogP contribution < -0.4 is 0 Å². The van der Waals surface area contributed by atoms with Gasteiger partial charge in [0.2, 0.25) is 0 Å². The number of carbonyl (C=O) groups excluding carboxylic acids is 2. The molecular weight excluding hydrogens is 653 g/mol. The Bertz CT molecular complexity index is 978. The summed E-state index contributed by atoms with van der Waals surface area (Å²) in [4.78, 5) is 36.8. The molecule has 0 heterocycles. The summed E-state index contributed by atoms with van der Waals surface area (Å²) in [6, 6.07) is 0. The number of carbonyl (C=O) groups is 2. The maximum Gasteiger partial charge on any atom is 0.472 e. The summed E-state index contributed by atoms with van der Waals surface area (Å²) in [5.41, 5.74) is 0. The van der Waals surface area contributed by atoms with Crippen molar-refractivity contribution < 1.29 is 37.6 Å². The van der Waals surface area contributed by atoms with E-state index >= 15 is 0 Å². The second-order valence-corrected chi connectivity index (χ2v) is 14.5. The highest BCUT2D eigenvalue weighted by Gasteiger charge is 2.26. The molecule has 0 bridgehead atoms. The Labute approximate surface area is 305 Å². The molecule has 0 aliphatic heterocycles. The smallest absolute Gasteiger partial charge is 0.462 e. The molecule has 1 N–H and O–H groups in total. The molecule has 290 valence electrons. The van der Waals surface area contributed by atoms with E-state index in [2.05, 4.69) is 62.5 Å². The number of rotatable bonds is 35. The first-order valence-electron chi connectivity index (χ1n) is 19.4. The van der Waals surface area contributed by atoms with Gasteiger partial charge in [0.1, 0.15) is 6.61 Å². The molecule has 0 saturated carbocycles. The van der Waals surface area contributed by atoms with Crippen LogP contribution >= 0.6 is 7.82 Å². The molecule has 0 aliphatic carbocycles. The molecule has 2 unspecified atom stereocenters. The van der Waals surface area contributed by atoms with Crippen LogP contribution in [0.2, 0.25) is 0 Å². The van der Waals surface area contributed by atoms with Gasteiger partial charge in [-0.3, -0.25) is 18.6 Å². The molecule has 0 aliphatic rings. The van der Waals surface area contributed by atoms with Crippen LogP contribution in [0.3, 0.4) is 0 Å². The lowest BCUT2D eigenvalue weighted by Gasteiger charge is -2.20. The molecule has 9 nitrogen and oxygen atoms in total. The highest BCUT2D eigenvalue weighted by atomic mass is 31.2. The SMILES string of the molecule is CC/C=C\C/C=C\C/C=C\C/C=C\CCCCC(=O)OC(COC(=O)CCCCCCCCCCCCCC)COP(=O)(O)OCCN(C)C. The molecule has 0 rings (SSSR count). The van der Waals surface area contributed by atoms with Gasteiger partial charge in [-0.1, -0.05) is 133 Å². The van der Waals surface area contributed by atoms with Gasteiger partial charge in [0.15, 0.2) is 6.10 Å². The molecule has 0 aromatic rings. The Kier molecular flexibility index (Phi) is 33.9. The Morgan fingerprint density at radius 3 is 1.70 bits per heavy atom. The van der Waals surface area contributed by atoms with E-state index in [1.165, 1.54) is 57.8 Å². The predicted octanol–water partition coefficient (Wildman–Crippen LogP) is 10.6. The quantitative estimate of drug-likeness (QED) is 0.0295. The Morgan fingerprint density at radius 2 is 1.14 bits per heavy atom. The first kappa shape index (κ1) is 48.0. The van der Waals surface area contributed by atoms with Gasteiger partial charge in [-0.25, -0.2) is 4.57 Å². The summed E-state index contributed by atoms with van der Waals surface area (Å²) in [6.07, 6.45) is 37.3. The predicted molar refractivity (Wildman–Crippen MR) is 206 cm³/mol. The molecule has 0 saturated heterocycles. The number of phosphoric ester groups is 1. The van der Waals surface area contributed by atoms with E-state index in [1.54, 1.807) is 0 Å². The van der Waals surface area contributed by atoms with Crippen LogP contribution in [0.25, 0.3) is 0 Å². The number of esters is 2. The number of allylic oxidation sites excluding steroid dienone is 8. The number of ether oxygens (including phenoxy) is 2.